The van der Waals surface area contributed by atoms with Gasteiger partial charge in [0, 0.05) is 90.6 Å². The number of aromatic hydroxyl groups is 1. The molecule has 386 valence electrons. The highest BCUT2D eigenvalue weighted by molar-refractivity contribution is 5.99. The lowest BCUT2D eigenvalue weighted by Crippen LogP contribution is -2.62. The van der Waals surface area contributed by atoms with E-state index >= 15 is 14.4 Å². The molecule has 3 aromatic heterocycles. The van der Waals surface area contributed by atoms with Crippen molar-refractivity contribution in [2.45, 2.75) is 95.0 Å². The van der Waals surface area contributed by atoms with Gasteiger partial charge in [-0.2, -0.15) is 0 Å². The summed E-state index contributed by atoms with van der Waals surface area (Å²) in [5, 5.41) is 27.2. The molecule has 0 radical (unpaired) electrons. The standard InChI is InChI=1S/C55H64N12O7/c1-31(2)23-44-50(70)62-43(17-10-22-58-55(56)57)49(69)66-47(26-34-29-60-41-15-8-5-12-38(34)41)54(74)67(3)48(27-35-30-61-42-16-9-6-13-39(35)42)53(73)65-45(24-32-18-20-36(68)21-19-32)51(71)64-46(52(72)63-44)25-33-28-59-40-14-7-4-11-37(33)40/h4-9,11-16,18-21,28-31,43-48,59-61,68H,10,17,22-27H2,1-3H3,(H,62,70)(H,63,72)(H,64,71)(H,65,73)(H,66,69)(H4,56,57,58)/t43-,44-,45-,46+,47-,48-/m0/s1. The minimum Gasteiger partial charge on any atom is -0.508 e. The molecule has 19 nitrogen and oxygen atoms in total. The van der Waals surface area contributed by atoms with Gasteiger partial charge < -0.3 is 63.0 Å². The number of benzene rings is 4. The zero-order chi connectivity index (χ0) is 52.5. The molecule has 6 atom stereocenters. The van der Waals surface area contributed by atoms with Crippen molar-refractivity contribution in [3.05, 3.63) is 138 Å². The number of aromatic nitrogens is 3. The Kier molecular flexibility index (Phi) is 16.3. The van der Waals surface area contributed by atoms with E-state index in [1.165, 1.54) is 24.1 Å². The highest BCUT2D eigenvalue weighted by Gasteiger charge is 2.38. The van der Waals surface area contributed by atoms with Gasteiger partial charge in [0.15, 0.2) is 5.96 Å². The van der Waals surface area contributed by atoms with Crippen LogP contribution in [-0.2, 0) is 54.5 Å². The van der Waals surface area contributed by atoms with Crippen LogP contribution in [0.25, 0.3) is 32.7 Å². The molecule has 0 aliphatic carbocycles. The molecule has 8 rings (SSSR count). The molecule has 4 heterocycles. The Hall–Kier alpha value is -8.61. The Morgan fingerprint density at radius 1 is 0.554 bits per heavy atom. The number of rotatable bonds is 14. The minimum absolute atomic E-state index is 0.00660. The third-order valence-corrected chi connectivity index (χ3v) is 13.6. The number of nitrogens with one attached hydrogen (secondary N) is 8. The molecule has 1 saturated heterocycles. The normalized spacial score (nSPS) is 20.7. The van der Waals surface area contributed by atoms with Crippen molar-refractivity contribution in [1.82, 2.24) is 46.4 Å². The summed E-state index contributed by atoms with van der Waals surface area (Å²) in [6, 6.07) is 21.1. The topological polar surface area (TPSA) is 298 Å². The monoisotopic (exact) mass is 1000 g/mol. The predicted octanol–water partition coefficient (Wildman–Crippen LogP) is 3.47. The number of H-pyrrole nitrogens is 3. The first-order valence-electron chi connectivity index (χ1n) is 24.9. The van der Waals surface area contributed by atoms with Crippen molar-refractivity contribution >= 4 is 74.1 Å². The maximum absolute atomic E-state index is 15.4. The number of carbonyl (C=O) groups excluding carboxylic acids is 6. The van der Waals surface area contributed by atoms with E-state index in [0.717, 1.165) is 32.7 Å². The summed E-state index contributed by atoms with van der Waals surface area (Å²) in [4.78, 5) is 105. The van der Waals surface area contributed by atoms with Gasteiger partial charge in [-0.05, 0) is 77.8 Å². The van der Waals surface area contributed by atoms with E-state index in [1.54, 1.807) is 30.7 Å². The van der Waals surface area contributed by atoms with E-state index in [4.69, 9.17) is 11.5 Å². The minimum atomic E-state index is -1.34. The first kappa shape index (κ1) is 51.7. The van der Waals surface area contributed by atoms with E-state index < -0.39 is 71.7 Å². The van der Waals surface area contributed by atoms with E-state index in [-0.39, 0.29) is 69.1 Å². The summed E-state index contributed by atoms with van der Waals surface area (Å²) >= 11 is 0. The highest BCUT2D eigenvalue weighted by atomic mass is 16.3. The third-order valence-electron chi connectivity index (χ3n) is 13.6. The van der Waals surface area contributed by atoms with Gasteiger partial charge in [0.2, 0.25) is 35.4 Å². The fourth-order valence-electron chi connectivity index (χ4n) is 9.67. The van der Waals surface area contributed by atoms with E-state index in [1.807, 2.05) is 86.6 Å². The molecule has 4 aromatic carbocycles. The van der Waals surface area contributed by atoms with Gasteiger partial charge in [-0.1, -0.05) is 80.6 Å². The maximum Gasteiger partial charge on any atom is 0.245 e. The van der Waals surface area contributed by atoms with Gasteiger partial charge in [0.1, 0.15) is 42.0 Å². The quantitative estimate of drug-likeness (QED) is 0.0431. The zero-order valence-electron chi connectivity index (χ0n) is 41.6. The second-order valence-corrected chi connectivity index (χ2v) is 19.4. The zero-order valence-corrected chi connectivity index (χ0v) is 41.6. The van der Waals surface area contributed by atoms with Crippen LogP contribution in [0.3, 0.4) is 0 Å². The van der Waals surface area contributed by atoms with Crippen molar-refractivity contribution in [3.8, 4) is 5.75 Å². The molecule has 6 amide bonds. The second kappa shape index (κ2) is 23.3. The molecule has 13 N–H and O–H groups in total. The highest BCUT2D eigenvalue weighted by Crippen LogP contribution is 2.25. The number of likely N-dealkylation sites (N-methyl/N-ethyl adjacent to an activating group) is 1. The number of fused-ring (bicyclic) bond motifs is 3. The Morgan fingerprint density at radius 3 is 1.53 bits per heavy atom. The second-order valence-electron chi connectivity index (χ2n) is 19.4. The molecule has 0 saturated carbocycles. The molecule has 19 heteroatoms. The van der Waals surface area contributed by atoms with Crippen LogP contribution in [0.15, 0.2) is 121 Å². The fourth-order valence-corrected chi connectivity index (χ4v) is 9.67. The predicted molar refractivity (Wildman–Crippen MR) is 283 cm³/mol. The van der Waals surface area contributed by atoms with Crippen molar-refractivity contribution < 1.29 is 33.9 Å². The first-order valence-corrected chi connectivity index (χ1v) is 24.9. The van der Waals surface area contributed by atoms with Crippen LogP contribution >= 0.6 is 0 Å². The van der Waals surface area contributed by atoms with Gasteiger partial charge in [0.05, 0.1) is 0 Å². The number of carbonyl (C=O) groups is 6. The molecule has 1 fully saturated rings. The van der Waals surface area contributed by atoms with Gasteiger partial charge >= 0.3 is 0 Å². The summed E-state index contributed by atoms with van der Waals surface area (Å²) in [6.45, 7) is 3.90. The van der Waals surface area contributed by atoms with Crippen molar-refractivity contribution in [2.24, 2.45) is 22.4 Å². The average Bonchev–Trinajstić information content (AvgIpc) is 4.12. The van der Waals surface area contributed by atoms with Crippen LogP contribution in [0, 0.1) is 5.92 Å². The number of hydrogen-bond donors (Lipinski definition) is 11. The summed E-state index contributed by atoms with van der Waals surface area (Å²) in [7, 11) is 1.48. The Morgan fingerprint density at radius 2 is 0.986 bits per heavy atom. The maximum atomic E-state index is 15.4. The largest absolute Gasteiger partial charge is 0.508 e. The molecule has 74 heavy (non-hydrogen) atoms. The fraction of sp³-hybridized carbons (Fsp3) is 0.327. The summed E-state index contributed by atoms with van der Waals surface area (Å²) in [6.07, 6.45) is 5.56. The number of hydrogen-bond acceptors (Lipinski definition) is 8. The number of phenolic OH excluding ortho intramolecular Hbond substituents is 1. The number of aromatic amines is 3. The van der Waals surface area contributed by atoms with Gasteiger partial charge in [-0.15, -0.1) is 0 Å². The van der Waals surface area contributed by atoms with E-state index in [2.05, 4.69) is 46.5 Å². The number of amides is 6. The van der Waals surface area contributed by atoms with E-state index in [9.17, 15) is 19.5 Å². The Labute approximate surface area is 427 Å². The lowest BCUT2D eigenvalue weighted by Gasteiger charge is -2.33. The summed E-state index contributed by atoms with van der Waals surface area (Å²) in [5.74, 6) is -4.37. The number of guanidine groups is 1. The molecule has 0 unspecified atom stereocenters. The van der Waals surface area contributed by atoms with Crippen LogP contribution in [-0.4, -0.2) is 116 Å². The molecule has 1 aliphatic heterocycles. The van der Waals surface area contributed by atoms with E-state index in [0.29, 0.717) is 22.3 Å². The molecule has 0 spiro atoms. The lowest BCUT2D eigenvalue weighted by molar-refractivity contribution is -0.143. The Balaban J connectivity index is 1.24. The number of phenols is 1. The van der Waals surface area contributed by atoms with Crippen LogP contribution in [0.2, 0.25) is 0 Å². The smallest absolute Gasteiger partial charge is 0.245 e. The number of aliphatic imine (C=N–C) groups is 1. The number of para-hydroxylation sites is 3. The molecular formula is C55H64N12O7. The van der Waals surface area contributed by atoms with Crippen LogP contribution in [0.1, 0.15) is 55.4 Å². The van der Waals surface area contributed by atoms with Gasteiger partial charge in [-0.25, -0.2) is 0 Å². The molecule has 7 aromatic rings. The van der Waals surface area contributed by atoms with Crippen LogP contribution in [0.5, 0.6) is 5.75 Å². The van der Waals surface area contributed by atoms with Crippen LogP contribution in [0.4, 0.5) is 0 Å². The van der Waals surface area contributed by atoms with Crippen molar-refractivity contribution in [1.29, 1.82) is 0 Å². The van der Waals surface area contributed by atoms with Crippen LogP contribution < -0.4 is 38.1 Å². The van der Waals surface area contributed by atoms with Crippen molar-refractivity contribution in [2.75, 3.05) is 13.6 Å². The SMILES string of the molecule is CC(C)C[C@@H]1NC(=O)[C@@H](Cc2c[nH]c3ccccc23)NC(=O)[C@H](Cc2ccc(O)cc2)NC(=O)[C@H](Cc2c[nH]c3ccccc23)N(C)C(=O)[C@H](Cc2c[nH]c3ccccc23)NC(=O)[C@H](CCCN=C(N)N)NC1=O. The third kappa shape index (κ3) is 12.5. The number of nitrogens with two attached hydrogens (primary N) is 2. The molecule has 1 aliphatic rings. The molecular weight excluding hydrogens is 941 g/mol. The lowest BCUT2D eigenvalue weighted by atomic mass is 9.98. The van der Waals surface area contributed by atoms with Gasteiger partial charge in [0.25, 0.3) is 0 Å². The average molecular weight is 1010 g/mol. The Bertz CT molecular complexity index is 3170. The summed E-state index contributed by atoms with van der Waals surface area (Å²) < 4.78 is 0. The van der Waals surface area contributed by atoms with Crippen molar-refractivity contribution in [3.63, 3.8) is 0 Å². The first-order chi connectivity index (χ1) is 35.6. The number of nitrogens with zero attached hydrogens (tertiary/aromatic N) is 2. The van der Waals surface area contributed by atoms with Gasteiger partial charge in [-0.3, -0.25) is 33.8 Å². The summed E-state index contributed by atoms with van der Waals surface area (Å²) in [5.41, 5.74) is 16.3. The molecule has 0 bridgehead atoms.